The fourth-order valence-electron chi connectivity index (χ4n) is 4.20. The molecule has 2 aromatic heterocycles. The first-order valence-electron chi connectivity index (χ1n) is 11.4. The molecule has 0 aliphatic carbocycles. The van der Waals surface area contributed by atoms with E-state index in [1.165, 1.54) is 18.3 Å². The Hall–Kier alpha value is -3.73. The van der Waals surface area contributed by atoms with Crippen LogP contribution >= 0.6 is 22.9 Å². The van der Waals surface area contributed by atoms with Crippen molar-refractivity contribution >= 4 is 50.1 Å². The average Bonchev–Trinajstić information content (AvgIpc) is 3.41. The summed E-state index contributed by atoms with van der Waals surface area (Å²) in [7, 11) is 0. The molecule has 37 heavy (non-hydrogen) atoms. The number of aliphatic hydroxyl groups is 1. The molecule has 0 radical (unpaired) electrons. The first-order valence-corrected chi connectivity index (χ1v) is 12.6. The van der Waals surface area contributed by atoms with Crippen molar-refractivity contribution in [3.8, 4) is 17.0 Å². The molecule has 2 atom stereocenters. The number of rotatable bonds is 6. The van der Waals surface area contributed by atoms with E-state index < -0.39 is 16.9 Å². The van der Waals surface area contributed by atoms with Gasteiger partial charge in [0.15, 0.2) is 5.13 Å². The van der Waals surface area contributed by atoms with Gasteiger partial charge in [-0.2, -0.15) is 0 Å². The van der Waals surface area contributed by atoms with Crippen LogP contribution in [0.25, 0.3) is 21.5 Å². The van der Waals surface area contributed by atoms with Crippen molar-refractivity contribution in [2.75, 3.05) is 18.9 Å². The Morgan fingerprint density at radius 2 is 1.95 bits per heavy atom. The molecule has 9 nitrogen and oxygen atoms in total. The number of benzene rings is 2. The van der Waals surface area contributed by atoms with Gasteiger partial charge in [-0.05, 0) is 50.2 Å². The molecule has 0 saturated carbocycles. The number of aromatic nitrogens is 2. The number of ether oxygens (including phenoxy) is 1. The number of hydrogen-bond acceptors (Lipinski definition) is 8. The summed E-state index contributed by atoms with van der Waals surface area (Å²) in [5, 5.41) is 15.2. The molecule has 1 aliphatic heterocycles. The molecular formula is C26H24ClN5O4S. The van der Waals surface area contributed by atoms with E-state index in [4.69, 9.17) is 32.8 Å². The van der Waals surface area contributed by atoms with Gasteiger partial charge < -0.3 is 26.6 Å². The van der Waals surface area contributed by atoms with Crippen molar-refractivity contribution in [1.29, 1.82) is 0 Å². The minimum atomic E-state index is -1.59. The fourth-order valence-corrected chi connectivity index (χ4v) is 5.09. The van der Waals surface area contributed by atoms with Crippen molar-refractivity contribution < 1.29 is 19.4 Å². The minimum absolute atomic E-state index is 0.0485. The number of carbonyl (C=O) groups is 2. The number of hydrogen-bond donors (Lipinski definition) is 4. The van der Waals surface area contributed by atoms with Gasteiger partial charge in [-0.25, -0.2) is 9.97 Å². The summed E-state index contributed by atoms with van der Waals surface area (Å²) in [5.74, 6) is -0.514. The number of nitrogens with one attached hydrogen (secondary N) is 1. The Bertz CT molecular complexity index is 1550. The Morgan fingerprint density at radius 1 is 1.22 bits per heavy atom. The number of nitrogen functional groups attached to an aromatic ring is 1. The summed E-state index contributed by atoms with van der Waals surface area (Å²) < 4.78 is 6.68. The topological polar surface area (TPSA) is 153 Å². The van der Waals surface area contributed by atoms with E-state index in [1.807, 2.05) is 0 Å². The van der Waals surface area contributed by atoms with Gasteiger partial charge in [0, 0.05) is 21.7 Å². The van der Waals surface area contributed by atoms with Gasteiger partial charge in [-0.1, -0.05) is 35.1 Å². The standard InChI is InChI=1S/C26H24ClN5O4S/c1-25(23(28)34)12-36-21-16(25)10-19(32-20(21)13-3-6-15(27)7-4-13)26(2,35)11-30-22(33)14-5-8-17-18(9-14)37-24(29)31-17/h3-10,35H,11-12H2,1-2H3,(H2,28,34)(H2,29,31)(H,30,33)/t25-,26-/m0/s1. The van der Waals surface area contributed by atoms with E-state index in [2.05, 4.69) is 10.3 Å². The summed E-state index contributed by atoms with van der Waals surface area (Å²) in [6.45, 7) is 3.13. The molecule has 0 bridgehead atoms. The summed E-state index contributed by atoms with van der Waals surface area (Å²) in [6, 6.07) is 13.7. The Kier molecular flexibility index (Phi) is 6.06. The van der Waals surface area contributed by atoms with Gasteiger partial charge in [0.05, 0.1) is 22.5 Å². The van der Waals surface area contributed by atoms with Gasteiger partial charge in [0.1, 0.15) is 29.1 Å². The van der Waals surface area contributed by atoms with E-state index in [1.54, 1.807) is 55.5 Å². The Morgan fingerprint density at radius 3 is 2.65 bits per heavy atom. The zero-order chi connectivity index (χ0) is 26.5. The molecule has 4 aromatic rings. The molecule has 190 valence electrons. The van der Waals surface area contributed by atoms with Crippen molar-refractivity contribution in [3.05, 3.63) is 70.4 Å². The van der Waals surface area contributed by atoms with E-state index >= 15 is 0 Å². The predicted molar refractivity (Wildman–Crippen MR) is 143 cm³/mol. The van der Waals surface area contributed by atoms with Crippen LogP contribution in [0.4, 0.5) is 5.13 Å². The molecule has 3 heterocycles. The molecule has 2 aromatic carbocycles. The molecule has 0 fully saturated rings. The number of anilines is 1. The number of thiazole rings is 1. The van der Waals surface area contributed by atoms with E-state index in [9.17, 15) is 14.7 Å². The minimum Gasteiger partial charge on any atom is -0.489 e. The highest BCUT2D eigenvalue weighted by Gasteiger charge is 2.45. The number of nitrogens with two attached hydrogens (primary N) is 2. The molecule has 0 spiro atoms. The zero-order valence-electron chi connectivity index (χ0n) is 20.0. The van der Waals surface area contributed by atoms with Crippen LogP contribution in [0, 0.1) is 0 Å². The summed E-state index contributed by atoms with van der Waals surface area (Å²) in [5.41, 5.74) is 11.8. The van der Waals surface area contributed by atoms with E-state index in [0.29, 0.717) is 43.8 Å². The number of halogens is 1. The van der Waals surface area contributed by atoms with Crippen LogP contribution in [0.3, 0.4) is 0 Å². The zero-order valence-corrected chi connectivity index (χ0v) is 21.6. The van der Waals surface area contributed by atoms with Crippen molar-refractivity contribution in [2.45, 2.75) is 24.9 Å². The highest BCUT2D eigenvalue weighted by molar-refractivity contribution is 7.22. The predicted octanol–water partition coefficient (Wildman–Crippen LogP) is 3.37. The lowest BCUT2D eigenvalue weighted by molar-refractivity contribution is -0.123. The third kappa shape index (κ3) is 4.48. The fraction of sp³-hybridized carbons (Fsp3) is 0.231. The smallest absolute Gasteiger partial charge is 0.251 e. The quantitative estimate of drug-likeness (QED) is 0.294. The average molecular weight is 538 g/mol. The molecule has 5 rings (SSSR count). The lowest BCUT2D eigenvalue weighted by Gasteiger charge is -2.26. The first kappa shape index (κ1) is 24.9. The van der Waals surface area contributed by atoms with Crippen LogP contribution in [0.15, 0.2) is 48.5 Å². The van der Waals surface area contributed by atoms with Crippen LogP contribution < -0.4 is 21.5 Å². The SMILES string of the molecule is C[C@](O)(CNC(=O)c1ccc2nc(N)sc2c1)c1cc2c(c(-c3ccc(Cl)cc3)n1)OC[C@]2(C)C(N)=O. The van der Waals surface area contributed by atoms with Gasteiger partial charge >= 0.3 is 0 Å². The normalized spacial score (nSPS) is 18.2. The van der Waals surface area contributed by atoms with Crippen molar-refractivity contribution in [3.63, 3.8) is 0 Å². The number of carbonyl (C=O) groups excluding carboxylic acids is 2. The molecular weight excluding hydrogens is 514 g/mol. The largest absolute Gasteiger partial charge is 0.489 e. The van der Waals surface area contributed by atoms with E-state index in [-0.39, 0.29) is 24.8 Å². The monoisotopic (exact) mass is 537 g/mol. The summed E-state index contributed by atoms with van der Waals surface area (Å²) >= 11 is 7.35. The molecule has 6 N–H and O–H groups in total. The summed E-state index contributed by atoms with van der Waals surface area (Å²) in [6.07, 6.45) is 0. The second-order valence-corrected chi connectivity index (χ2v) is 10.9. The number of nitrogens with zero attached hydrogens (tertiary/aromatic N) is 2. The maximum absolute atomic E-state index is 12.9. The van der Waals surface area contributed by atoms with Crippen LogP contribution in [0.5, 0.6) is 5.75 Å². The maximum atomic E-state index is 12.9. The Labute approximate surface area is 221 Å². The second kappa shape index (κ2) is 8.98. The van der Waals surface area contributed by atoms with Gasteiger partial charge in [0.25, 0.3) is 5.91 Å². The Balaban J connectivity index is 1.49. The third-order valence-corrected chi connectivity index (χ3v) is 7.65. The van der Waals surface area contributed by atoms with Crippen molar-refractivity contribution in [2.24, 2.45) is 5.73 Å². The van der Waals surface area contributed by atoms with Crippen LogP contribution in [-0.2, 0) is 15.8 Å². The van der Waals surface area contributed by atoms with Crippen LogP contribution in [0.1, 0.15) is 35.5 Å². The number of fused-ring (bicyclic) bond motifs is 2. The van der Waals surface area contributed by atoms with Crippen molar-refractivity contribution in [1.82, 2.24) is 15.3 Å². The summed E-state index contributed by atoms with van der Waals surface area (Å²) in [4.78, 5) is 34.2. The van der Waals surface area contributed by atoms with Crippen LogP contribution in [0.2, 0.25) is 5.02 Å². The molecule has 0 unspecified atom stereocenters. The second-order valence-electron chi connectivity index (χ2n) is 9.42. The van der Waals surface area contributed by atoms with E-state index in [0.717, 1.165) is 4.70 Å². The lowest BCUT2D eigenvalue weighted by Crippen LogP contribution is -2.41. The van der Waals surface area contributed by atoms with Crippen LogP contribution in [-0.4, -0.2) is 40.0 Å². The number of amides is 2. The molecule has 2 amide bonds. The maximum Gasteiger partial charge on any atom is 0.251 e. The molecule has 1 aliphatic rings. The molecule has 0 saturated heterocycles. The lowest BCUT2D eigenvalue weighted by atomic mass is 9.82. The highest BCUT2D eigenvalue weighted by Crippen LogP contribution is 2.45. The number of pyridine rings is 1. The highest BCUT2D eigenvalue weighted by atomic mass is 35.5. The first-order chi connectivity index (χ1) is 17.5. The van der Waals surface area contributed by atoms with Gasteiger partial charge in [-0.3, -0.25) is 9.59 Å². The van der Waals surface area contributed by atoms with Gasteiger partial charge in [0.2, 0.25) is 5.91 Å². The van der Waals surface area contributed by atoms with Gasteiger partial charge in [-0.15, -0.1) is 0 Å². The third-order valence-electron chi connectivity index (χ3n) is 6.55. The number of primary amides is 1. The molecule has 11 heteroatoms.